The number of carbonyl (C=O) groups is 3. The first-order valence-electron chi connectivity index (χ1n) is 10.7. The van der Waals surface area contributed by atoms with E-state index in [0.29, 0.717) is 48.7 Å². The summed E-state index contributed by atoms with van der Waals surface area (Å²) in [5.41, 5.74) is 0.392. The number of methoxy groups -OCH3 is 1. The van der Waals surface area contributed by atoms with Gasteiger partial charge in [0.05, 0.1) is 24.9 Å². The molecule has 0 bridgehead atoms. The van der Waals surface area contributed by atoms with Crippen molar-refractivity contribution in [3.05, 3.63) is 54.1 Å². The highest BCUT2D eigenvalue weighted by atomic mass is 16.5. The summed E-state index contributed by atoms with van der Waals surface area (Å²) in [6, 6.07) is 14.4. The molecule has 1 atom stereocenters. The minimum Gasteiger partial charge on any atom is -0.497 e. The van der Waals surface area contributed by atoms with Gasteiger partial charge in [0.25, 0.3) is 5.91 Å². The number of carbonyl (C=O) groups excluding carboxylic acids is 3. The number of rotatable bonds is 8. The fourth-order valence-electron chi connectivity index (χ4n) is 4.39. The van der Waals surface area contributed by atoms with Gasteiger partial charge in [-0.15, -0.1) is 0 Å². The Morgan fingerprint density at radius 3 is 2.72 bits per heavy atom. The molecule has 2 heterocycles. The zero-order chi connectivity index (χ0) is 22.7. The molecule has 2 aromatic rings. The van der Waals surface area contributed by atoms with Crippen LogP contribution in [-0.2, 0) is 9.59 Å². The summed E-state index contributed by atoms with van der Waals surface area (Å²) < 4.78 is 10.8. The van der Waals surface area contributed by atoms with Crippen LogP contribution < -0.4 is 19.7 Å². The van der Waals surface area contributed by atoms with Gasteiger partial charge < -0.3 is 19.7 Å². The average molecular weight is 437 g/mol. The van der Waals surface area contributed by atoms with Crippen LogP contribution in [0, 0.1) is 0 Å². The summed E-state index contributed by atoms with van der Waals surface area (Å²) >= 11 is 0. The molecule has 8 nitrogen and oxygen atoms in total. The van der Waals surface area contributed by atoms with Crippen LogP contribution in [0.15, 0.2) is 48.5 Å². The monoisotopic (exact) mass is 437 g/mol. The van der Waals surface area contributed by atoms with Crippen molar-refractivity contribution in [2.75, 3.05) is 31.7 Å². The van der Waals surface area contributed by atoms with E-state index in [9.17, 15) is 14.4 Å². The van der Waals surface area contributed by atoms with Gasteiger partial charge in [-0.2, -0.15) is 0 Å². The van der Waals surface area contributed by atoms with Gasteiger partial charge in [-0.3, -0.25) is 19.3 Å². The van der Waals surface area contributed by atoms with Gasteiger partial charge in [0.15, 0.2) is 0 Å². The minimum atomic E-state index is -0.752. The molecule has 0 aliphatic carbocycles. The molecule has 3 amide bonds. The van der Waals surface area contributed by atoms with E-state index in [1.165, 1.54) is 0 Å². The second-order valence-corrected chi connectivity index (χ2v) is 8.05. The minimum absolute atomic E-state index is 0.00315. The Bertz CT molecular complexity index is 1040. The largest absolute Gasteiger partial charge is 0.497 e. The van der Waals surface area contributed by atoms with Crippen molar-refractivity contribution >= 4 is 23.4 Å². The van der Waals surface area contributed by atoms with E-state index in [-0.39, 0.29) is 30.7 Å². The standard InChI is InChI=1S/C24H27N3O5/c1-24-12-10-22(29)27(24)20-9-4-3-8-19(20)23(30)26(24)14-11-21(28)25-13-15-32-18-7-5-6-17(16-18)31-2/h3-9,16H,10-15H2,1-2H3,(H,25,28). The third-order valence-electron chi connectivity index (χ3n) is 6.04. The number of hydrogen-bond donors (Lipinski definition) is 1. The van der Waals surface area contributed by atoms with Crippen LogP contribution in [0.2, 0.25) is 0 Å². The Morgan fingerprint density at radius 2 is 1.91 bits per heavy atom. The van der Waals surface area contributed by atoms with Crippen molar-refractivity contribution in [3.63, 3.8) is 0 Å². The van der Waals surface area contributed by atoms with Gasteiger partial charge in [0.2, 0.25) is 11.8 Å². The summed E-state index contributed by atoms with van der Waals surface area (Å²) in [6.07, 6.45) is 1.06. The van der Waals surface area contributed by atoms with Gasteiger partial charge in [-0.25, -0.2) is 0 Å². The number of para-hydroxylation sites is 1. The molecule has 2 aromatic carbocycles. The van der Waals surface area contributed by atoms with Crippen LogP contribution in [0.1, 0.15) is 36.5 Å². The van der Waals surface area contributed by atoms with E-state index >= 15 is 0 Å². The Labute approximate surface area is 187 Å². The third kappa shape index (κ3) is 4.00. The zero-order valence-corrected chi connectivity index (χ0v) is 18.3. The maximum Gasteiger partial charge on any atom is 0.257 e. The molecule has 1 N–H and O–H groups in total. The van der Waals surface area contributed by atoms with E-state index < -0.39 is 5.66 Å². The summed E-state index contributed by atoms with van der Waals surface area (Å²) in [7, 11) is 1.59. The Kier molecular flexibility index (Phi) is 6.03. The van der Waals surface area contributed by atoms with Crippen LogP contribution in [0.3, 0.4) is 0 Å². The summed E-state index contributed by atoms with van der Waals surface area (Å²) in [6.45, 7) is 2.78. The highest BCUT2D eigenvalue weighted by Crippen LogP contribution is 2.43. The van der Waals surface area contributed by atoms with E-state index in [2.05, 4.69) is 5.32 Å². The maximum atomic E-state index is 13.2. The van der Waals surface area contributed by atoms with E-state index in [4.69, 9.17) is 9.47 Å². The lowest BCUT2D eigenvalue weighted by Crippen LogP contribution is -2.62. The number of anilines is 1. The fraction of sp³-hybridized carbons (Fsp3) is 0.375. The van der Waals surface area contributed by atoms with E-state index in [1.54, 1.807) is 41.2 Å². The Hall–Kier alpha value is -3.55. The molecular formula is C24H27N3O5. The molecule has 0 saturated carbocycles. The first-order valence-corrected chi connectivity index (χ1v) is 10.7. The number of nitrogens with zero attached hydrogens (tertiary/aromatic N) is 2. The second kappa shape index (κ2) is 8.90. The number of benzene rings is 2. The number of fused-ring (bicyclic) bond motifs is 3. The first-order chi connectivity index (χ1) is 15.4. The highest BCUT2D eigenvalue weighted by Gasteiger charge is 2.52. The number of amides is 3. The lowest BCUT2D eigenvalue weighted by atomic mass is 9.98. The third-order valence-corrected chi connectivity index (χ3v) is 6.04. The molecular weight excluding hydrogens is 410 g/mol. The lowest BCUT2D eigenvalue weighted by molar-refractivity contribution is -0.121. The molecule has 1 unspecified atom stereocenters. The van der Waals surface area contributed by atoms with Gasteiger partial charge in [0.1, 0.15) is 23.8 Å². The van der Waals surface area contributed by atoms with Crippen molar-refractivity contribution in [2.24, 2.45) is 0 Å². The summed E-state index contributed by atoms with van der Waals surface area (Å²) in [5, 5.41) is 2.82. The molecule has 8 heteroatoms. The molecule has 0 radical (unpaired) electrons. The van der Waals surface area contributed by atoms with Gasteiger partial charge in [-0.05, 0) is 37.6 Å². The molecule has 168 valence electrons. The number of hydrogen-bond acceptors (Lipinski definition) is 5. The molecule has 0 spiro atoms. The second-order valence-electron chi connectivity index (χ2n) is 8.05. The van der Waals surface area contributed by atoms with Crippen molar-refractivity contribution < 1.29 is 23.9 Å². The van der Waals surface area contributed by atoms with Crippen LogP contribution >= 0.6 is 0 Å². The average Bonchev–Trinajstić information content (AvgIpc) is 3.11. The first kappa shape index (κ1) is 21.7. The molecule has 2 aliphatic rings. The quantitative estimate of drug-likeness (QED) is 0.642. The number of ether oxygens (including phenoxy) is 2. The molecule has 2 aliphatic heterocycles. The SMILES string of the molecule is COc1cccc(OCCNC(=O)CCN2C(=O)c3ccccc3N3C(=O)CCC23C)c1. The summed E-state index contributed by atoms with van der Waals surface area (Å²) in [4.78, 5) is 41.5. The molecule has 1 saturated heterocycles. The van der Waals surface area contributed by atoms with Gasteiger partial charge in [-0.1, -0.05) is 18.2 Å². The summed E-state index contributed by atoms with van der Waals surface area (Å²) in [5.74, 6) is 1.03. The topological polar surface area (TPSA) is 88.2 Å². The predicted molar refractivity (Wildman–Crippen MR) is 119 cm³/mol. The highest BCUT2D eigenvalue weighted by molar-refractivity contribution is 6.10. The Morgan fingerprint density at radius 1 is 1.12 bits per heavy atom. The van der Waals surface area contributed by atoms with Gasteiger partial charge in [0, 0.05) is 25.5 Å². The van der Waals surface area contributed by atoms with Crippen molar-refractivity contribution in [3.8, 4) is 11.5 Å². The maximum absolute atomic E-state index is 13.2. The normalized spacial score (nSPS) is 19.4. The van der Waals surface area contributed by atoms with E-state index in [0.717, 1.165) is 0 Å². The van der Waals surface area contributed by atoms with Crippen molar-refractivity contribution in [2.45, 2.75) is 31.8 Å². The fourth-order valence-corrected chi connectivity index (χ4v) is 4.39. The van der Waals surface area contributed by atoms with E-state index in [1.807, 2.05) is 31.2 Å². The predicted octanol–water partition coefficient (Wildman–Crippen LogP) is 2.58. The van der Waals surface area contributed by atoms with Gasteiger partial charge >= 0.3 is 0 Å². The molecule has 32 heavy (non-hydrogen) atoms. The number of nitrogens with one attached hydrogen (secondary N) is 1. The van der Waals surface area contributed by atoms with Crippen LogP contribution in [0.4, 0.5) is 5.69 Å². The molecule has 0 aromatic heterocycles. The smallest absolute Gasteiger partial charge is 0.257 e. The molecule has 1 fully saturated rings. The molecule has 4 rings (SSSR count). The zero-order valence-electron chi connectivity index (χ0n) is 18.3. The van der Waals surface area contributed by atoms with Crippen molar-refractivity contribution in [1.82, 2.24) is 10.2 Å². The van der Waals surface area contributed by atoms with Crippen LogP contribution in [0.5, 0.6) is 11.5 Å². The lowest BCUT2D eigenvalue weighted by Gasteiger charge is -2.48. The Balaban J connectivity index is 1.33. The van der Waals surface area contributed by atoms with Crippen LogP contribution in [0.25, 0.3) is 0 Å². The van der Waals surface area contributed by atoms with Crippen molar-refractivity contribution in [1.29, 1.82) is 0 Å². The van der Waals surface area contributed by atoms with Crippen LogP contribution in [-0.4, -0.2) is 55.1 Å².